The molecule has 0 bridgehead atoms. The SMILES string of the molecule is COc1ccc(OC)c(C=CC(=O)c2c3c(c(OC)c4c2OCO4)CN(C)CC3)c1. The molecule has 0 fully saturated rings. The first-order valence-electron chi connectivity index (χ1n) is 9.71. The van der Waals surface area contributed by atoms with E-state index in [1.54, 1.807) is 33.5 Å². The van der Waals surface area contributed by atoms with Crippen molar-refractivity contribution in [2.24, 2.45) is 0 Å². The Hall–Kier alpha value is -3.19. The number of benzene rings is 2. The molecule has 158 valence electrons. The van der Waals surface area contributed by atoms with E-state index in [2.05, 4.69) is 4.90 Å². The number of allylic oxidation sites excluding steroid dienone is 1. The summed E-state index contributed by atoms with van der Waals surface area (Å²) in [4.78, 5) is 15.5. The molecule has 2 aromatic rings. The fourth-order valence-electron chi connectivity index (χ4n) is 3.98. The summed E-state index contributed by atoms with van der Waals surface area (Å²) in [5, 5.41) is 0. The molecule has 4 rings (SSSR count). The van der Waals surface area contributed by atoms with Crippen molar-refractivity contribution in [2.45, 2.75) is 13.0 Å². The third-order valence-corrected chi connectivity index (χ3v) is 5.46. The number of ether oxygens (including phenoxy) is 5. The molecule has 0 radical (unpaired) electrons. The van der Waals surface area contributed by atoms with Crippen molar-refractivity contribution in [1.29, 1.82) is 0 Å². The molecule has 0 unspecified atom stereocenters. The minimum absolute atomic E-state index is 0.0676. The fraction of sp³-hybridized carbons (Fsp3) is 0.348. The highest BCUT2D eigenvalue weighted by Crippen LogP contribution is 2.49. The van der Waals surface area contributed by atoms with Crippen LogP contribution >= 0.6 is 0 Å². The summed E-state index contributed by atoms with van der Waals surface area (Å²) in [5.74, 6) is 2.81. The molecule has 0 atom stereocenters. The second-order valence-corrected chi connectivity index (χ2v) is 7.22. The highest BCUT2D eigenvalue weighted by molar-refractivity contribution is 6.11. The Morgan fingerprint density at radius 2 is 1.87 bits per heavy atom. The first kappa shape index (κ1) is 20.1. The smallest absolute Gasteiger partial charge is 0.231 e. The number of hydrogen-bond donors (Lipinski definition) is 0. The topological polar surface area (TPSA) is 66.5 Å². The van der Waals surface area contributed by atoms with Crippen LogP contribution in [0.3, 0.4) is 0 Å². The van der Waals surface area contributed by atoms with Crippen LogP contribution in [0.2, 0.25) is 0 Å². The van der Waals surface area contributed by atoms with E-state index in [4.69, 9.17) is 23.7 Å². The molecule has 0 saturated heterocycles. The number of rotatable bonds is 6. The Morgan fingerprint density at radius 1 is 1.07 bits per heavy atom. The summed E-state index contributed by atoms with van der Waals surface area (Å²) in [6.07, 6.45) is 4.01. The fourth-order valence-corrected chi connectivity index (χ4v) is 3.98. The summed E-state index contributed by atoms with van der Waals surface area (Å²) < 4.78 is 27.7. The maximum atomic E-state index is 13.3. The number of carbonyl (C=O) groups excluding carboxylic acids is 1. The predicted molar refractivity (Wildman–Crippen MR) is 112 cm³/mol. The van der Waals surface area contributed by atoms with Crippen LogP contribution in [-0.2, 0) is 13.0 Å². The number of nitrogens with zero attached hydrogens (tertiary/aromatic N) is 1. The summed E-state index contributed by atoms with van der Waals surface area (Å²) in [6.45, 7) is 1.60. The van der Waals surface area contributed by atoms with Gasteiger partial charge in [-0.15, -0.1) is 0 Å². The average molecular weight is 411 g/mol. The normalized spacial score (nSPS) is 15.2. The first-order chi connectivity index (χ1) is 14.6. The van der Waals surface area contributed by atoms with Crippen LogP contribution in [0.4, 0.5) is 0 Å². The molecule has 0 aromatic heterocycles. The highest BCUT2D eigenvalue weighted by Gasteiger charge is 2.34. The van der Waals surface area contributed by atoms with E-state index in [1.165, 1.54) is 0 Å². The number of methoxy groups -OCH3 is 3. The van der Waals surface area contributed by atoms with Crippen LogP contribution in [-0.4, -0.2) is 52.4 Å². The third-order valence-electron chi connectivity index (χ3n) is 5.46. The average Bonchev–Trinajstić information content (AvgIpc) is 3.24. The molecule has 0 saturated carbocycles. The van der Waals surface area contributed by atoms with Gasteiger partial charge < -0.3 is 28.6 Å². The van der Waals surface area contributed by atoms with Crippen LogP contribution in [0.1, 0.15) is 27.0 Å². The molecule has 2 aliphatic rings. The molecular weight excluding hydrogens is 386 g/mol. The summed E-state index contributed by atoms with van der Waals surface area (Å²) in [7, 11) is 6.85. The number of fused-ring (bicyclic) bond motifs is 2. The number of likely N-dealkylation sites (N-methyl/N-ethyl adjacent to an activating group) is 1. The van der Waals surface area contributed by atoms with Crippen molar-refractivity contribution in [2.75, 3.05) is 41.7 Å². The zero-order valence-corrected chi connectivity index (χ0v) is 17.6. The van der Waals surface area contributed by atoms with Crippen molar-refractivity contribution < 1.29 is 28.5 Å². The van der Waals surface area contributed by atoms with Gasteiger partial charge in [-0.3, -0.25) is 4.79 Å². The molecule has 0 spiro atoms. The van der Waals surface area contributed by atoms with Gasteiger partial charge in [0.2, 0.25) is 12.5 Å². The Kier molecular flexibility index (Phi) is 5.55. The van der Waals surface area contributed by atoms with E-state index in [0.717, 1.165) is 29.7 Å². The van der Waals surface area contributed by atoms with Crippen LogP contribution < -0.4 is 23.7 Å². The molecule has 2 heterocycles. The molecule has 7 nitrogen and oxygen atoms in total. The van der Waals surface area contributed by atoms with Crippen molar-refractivity contribution >= 4 is 11.9 Å². The van der Waals surface area contributed by atoms with Gasteiger partial charge in [0, 0.05) is 24.2 Å². The molecule has 2 aliphatic heterocycles. The lowest BCUT2D eigenvalue weighted by Gasteiger charge is -2.28. The Morgan fingerprint density at radius 3 is 2.60 bits per heavy atom. The minimum atomic E-state index is -0.148. The molecule has 30 heavy (non-hydrogen) atoms. The van der Waals surface area contributed by atoms with E-state index in [1.807, 2.05) is 25.2 Å². The lowest BCUT2D eigenvalue weighted by molar-refractivity contribution is 0.104. The van der Waals surface area contributed by atoms with Gasteiger partial charge in [-0.05, 0) is 49.4 Å². The number of ketones is 1. The zero-order chi connectivity index (χ0) is 21.3. The van der Waals surface area contributed by atoms with E-state index < -0.39 is 0 Å². The van der Waals surface area contributed by atoms with Crippen molar-refractivity contribution in [3.63, 3.8) is 0 Å². The van der Waals surface area contributed by atoms with Gasteiger partial charge in [0.1, 0.15) is 11.5 Å². The lowest BCUT2D eigenvalue weighted by Crippen LogP contribution is -2.28. The van der Waals surface area contributed by atoms with E-state index >= 15 is 0 Å². The van der Waals surface area contributed by atoms with Crippen molar-refractivity contribution in [3.05, 3.63) is 46.5 Å². The lowest BCUT2D eigenvalue weighted by atomic mass is 9.90. The van der Waals surface area contributed by atoms with Gasteiger partial charge in [0.05, 0.1) is 26.9 Å². The molecule has 7 heteroatoms. The Balaban J connectivity index is 1.78. The van der Waals surface area contributed by atoms with Gasteiger partial charge in [-0.2, -0.15) is 0 Å². The quantitative estimate of drug-likeness (QED) is 0.534. The molecule has 0 amide bonds. The number of carbonyl (C=O) groups is 1. The van der Waals surface area contributed by atoms with Gasteiger partial charge in [-0.1, -0.05) is 0 Å². The van der Waals surface area contributed by atoms with E-state index in [-0.39, 0.29) is 12.6 Å². The highest BCUT2D eigenvalue weighted by atomic mass is 16.7. The maximum absolute atomic E-state index is 13.3. The van der Waals surface area contributed by atoms with Crippen molar-refractivity contribution in [1.82, 2.24) is 4.90 Å². The molecule has 2 aromatic carbocycles. The first-order valence-corrected chi connectivity index (χ1v) is 9.71. The standard InChI is InChI=1S/C23H25NO6/c1-24-10-9-16-17(12-24)21(28-4)23-22(29-13-30-23)20(16)18(25)7-5-14-11-15(26-2)6-8-19(14)27-3/h5-8,11H,9-10,12-13H2,1-4H3. The predicted octanol–water partition coefficient (Wildman–Crippen LogP) is 3.33. The van der Waals surface area contributed by atoms with E-state index in [9.17, 15) is 4.79 Å². The monoisotopic (exact) mass is 411 g/mol. The molecule has 0 N–H and O–H groups in total. The molecular formula is C23H25NO6. The van der Waals surface area contributed by atoms with Gasteiger partial charge in [-0.25, -0.2) is 0 Å². The summed E-state index contributed by atoms with van der Waals surface area (Å²) >= 11 is 0. The second kappa shape index (κ2) is 8.28. The summed E-state index contributed by atoms with van der Waals surface area (Å²) in [5.41, 5.74) is 3.23. The largest absolute Gasteiger partial charge is 0.497 e. The van der Waals surface area contributed by atoms with Gasteiger partial charge >= 0.3 is 0 Å². The van der Waals surface area contributed by atoms with Crippen molar-refractivity contribution in [3.8, 4) is 28.7 Å². The third kappa shape index (κ3) is 3.45. The molecule has 0 aliphatic carbocycles. The van der Waals surface area contributed by atoms with Crippen LogP contribution in [0, 0.1) is 0 Å². The second-order valence-electron chi connectivity index (χ2n) is 7.22. The van der Waals surface area contributed by atoms with Crippen LogP contribution in [0.15, 0.2) is 24.3 Å². The summed E-state index contributed by atoms with van der Waals surface area (Å²) in [6, 6.07) is 5.44. The van der Waals surface area contributed by atoms with Gasteiger partial charge in [0.25, 0.3) is 0 Å². The number of hydrogen-bond acceptors (Lipinski definition) is 7. The Bertz CT molecular complexity index is 1010. The van der Waals surface area contributed by atoms with E-state index in [0.29, 0.717) is 40.9 Å². The maximum Gasteiger partial charge on any atom is 0.231 e. The Labute approximate surface area is 175 Å². The zero-order valence-electron chi connectivity index (χ0n) is 17.6. The van der Waals surface area contributed by atoms with Crippen LogP contribution in [0.25, 0.3) is 6.08 Å². The van der Waals surface area contributed by atoms with Crippen LogP contribution in [0.5, 0.6) is 28.7 Å². The van der Waals surface area contributed by atoms with Gasteiger partial charge in [0.15, 0.2) is 17.3 Å². The minimum Gasteiger partial charge on any atom is -0.497 e.